The lowest BCUT2D eigenvalue weighted by atomic mass is 10.1. The highest BCUT2D eigenvalue weighted by Gasteiger charge is 2.27. The zero-order valence-corrected chi connectivity index (χ0v) is 12.8. The summed E-state index contributed by atoms with van der Waals surface area (Å²) in [7, 11) is -3.39. The molecule has 0 atom stereocenters. The van der Waals surface area contributed by atoms with Crippen LogP contribution >= 0.6 is 0 Å². The van der Waals surface area contributed by atoms with Gasteiger partial charge in [-0.1, -0.05) is 0 Å². The van der Waals surface area contributed by atoms with Crippen molar-refractivity contribution in [1.82, 2.24) is 9.29 Å². The molecule has 0 aliphatic carbocycles. The lowest BCUT2D eigenvalue weighted by molar-refractivity contribution is 0.477. The van der Waals surface area contributed by atoms with Gasteiger partial charge in [-0.2, -0.15) is 4.31 Å². The Balaban J connectivity index is 2.16. The lowest BCUT2D eigenvalue weighted by Crippen LogP contribution is -2.39. The number of rotatable bonds is 5. The molecule has 20 heavy (non-hydrogen) atoms. The quantitative estimate of drug-likeness (QED) is 0.847. The van der Waals surface area contributed by atoms with E-state index in [4.69, 9.17) is 5.73 Å². The van der Waals surface area contributed by atoms with Crippen LogP contribution in [0.25, 0.3) is 0 Å². The Morgan fingerprint density at radius 2 is 2.00 bits per heavy atom. The molecule has 3 N–H and O–H groups in total. The summed E-state index contributed by atoms with van der Waals surface area (Å²) in [5.41, 5.74) is 5.37. The van der Waals surface area contributed by atoms with Crippen LogP contribution in [0.1, 0.15) is 26.7 Å². The SMILES string of the molecule is CC(C)(CN)Nc1ccc(S(=O)(=O)N2CCCC2)cn1. The van der Waals surface area contributed by atoms with E-state index in [9.17, 15) is 8.42 Å². The number of pyridine rings is 1. The van der Waals surface area contributed by atoms with Crippen molar-refractivity contribution in [2.24, 2.45) is 5.73 Å². The summed E-state index contributed by atoms with van der Waals surface area (Å²) >= 11 is 0. The average Bonchev–Trinajstić information content (AvgIpc) is 2.93. The van der Waals surface area contributed by atoms with E-state index in [0.717, 1.165) is 12.8 Å². The molecule has 0 radical (unpaired) electrons. The lowest BCUT2D eigenvalue weighted by Gasteiger charge is -2.25. The van der Waals surface area contributed by atoms with E-state index in [1.54, 1.807) is 12.1 Å². The highest BCUT2D eigenvalue weighted by molar-refractivity contribution is 7.89. The minimum atomic E-state index is -3.39. The highest BCUT2D eigenvalue weighted by atomic mass is 32.2. The Kier molecular flexibility index (Phi) is 4.31. The highest BCUT2D eigenvalue weighted by Crippen LogP contribution is 2.21. The number of hydrogen-bond acceptors (Lipinski definition) is 5. The van der Waals surface area contributed by atoms with Gasteiger partial charge in [-0.05, 0) is 38.8 Å². The molecule has 7 heteroatoms. The van der Waals surface area contributed by atoms with Crippen molar-refractivity contribution < 1.29 is 8.42 Å². The van der Waals surface area contributed by atoms with E-state index < -0.39 is 10.0 Å². The molecule has 1 aromatic rings. The van der Waals surface area contributed by atoms with Crippen molar-refractivity contribution in [2.75, 3.05) is 25.0 Å². The topological polar surface area (TPSA) is 88.3 Å². The molecule has 0 aromatic carbocycles. The normalized spacial score (nSPS) is 17.4. The largest absolute Gasteiger partial charge is 0.364 e. The molecule has 2 rings (SSSR count). The number of nitrogens with zero attached hydrogens (tertiary/aromatic N) is 2. The second-order valence-electron chi connectivity index (χ2n) is 5.70. The molecule has 6 nitrogen and oxygen atoms in total. The van der Waals surface area contributed by atoms with Gasteiger partial charge in [0.05, 0.1) is 0 Å². The van der Waals surface area contributed by atoms with Gasteiger partial charge in [0.15, 0.2) is 0 Å². The third-order valence-corrected chi connectivity index (χ3v) is 5.30. The second kappa shape index (κ2) is 5.67. The summed E-state index contributed by atoms with van der Waals surface area (Å²) in [5.74, 6) is 0.626. The van der Waals surface area contributed by atoms with Crippen LogP contribution in [-0.4, -0.2) is 42.9 Å². The molecule has 2 heterocycles. The number of anilines is 1. The van der Waals surface area contributed by atoms with Gasteiger partial charge < -0.3 is 11.1 Å². The molecule has 0 unspecified atom stereocenters. The maximum absolute atomic E-state index is 12.3. The van der Waals surface area contributed by atoms with Crippen molar-refractivity contribution in [3.05, 3.63) is 18.3 Å². The fourth-order valence-electron chi connectivity index (χ4n) is 2.08. The van der Waals surface area contributed by atoms with Gasteiger partial charge in [-0.15, -0.1) is 0 Å². The van der Waals surface area contributed by atoms with Crippen LogP contribution in [0.2, 0.25) is 0 Å². The van der Waals surface area contributed by atoms with Crippen molar-refractivity contribution in [2.45, 2.75) is 37.1 Å². The molecule has 1 fully saturated rings. The van der Waals surface area contributed by atoms with E-state index in [-0.39, 0.29) is 10.4 Å². The van der Waals surface area contributed by atoms with E-state index in [2.05, 4.69) is 10.3 Å². The second-order valence-corrected chi connectivity index (χ2v) is 7.64. The molecule has 1 saturated heterocycles. The molecule has 0 amide bonds. The van der Waals surface area contributed by atoms with Crippen LogP contribution in [0.4, 0.5) is 5.82 Å². The monoisotopic (exact) mass is 298 g/mol. The Morgan fingerprint density at radius 3 is 2.50 bits per heavy atom. The first-order valence-electron chi connectivity index (χ1n) is 6.80. The van der Waals surface area contributed by atoms with E-state index in [1.807, 2.05) is 13.8 Å². The van der Waals surface area contributed by atoms with Gasteiger partial charge >= 0.3 is 0 Å². The van der Waals surface area contributed by atoms with Crippen molar-refractivity contribution in [3.63, 3.8) is 0 Å². The molecular weight excluding hydrogens is 276 g/mol. The number of aromatic nitrogens is 1. The summed E-state index contributed by atoms with van der Waals surface area (Å²) in [6.07, 6.45) is 3.26. The van der Waals surface area contributed by atoms with Gasteiger partial charge in [0, 0.05) is 31.4 Å². The zero-order chi connectivity index (χ0) is 14.8. The maximum Gasteiger partial charge on any atom is 0.244 e. The Morgan fingerprint density at radius 1 is 1.35 bits per heavy atom. The number of nitrogens with two attached hydrogens (primary N) is 1. The first kappa shape index (κ1) is 15.2. The Hall–Kier alpha value is -1.18. The van der Waals surface area contributed by atoms with Gasteiger partial charge in [0.1, 0.15) is 10.7 Å². The van der Waals surface area contributed by atoms with E-state index in [1.165, 1.54) is 10.5 Å². The molecule has 0 saturated carbocycles. The molecule has 0 bridgehead atoms. The van der Waals surface area contributed by atoms with Gasteiger partial charge in [-0.3, -0.25) is 0 Å². The predicted octanol–water partition coefficient (Wildman–Crippen LogP) is 1.02. The minimum absolute atomic E-state index is 0.246. The minimum Gasteiger partial charge on any atom is -0.364 e. The summed E-state index contributed by atoms with van der Waals surface area (Å²) in [5, 5.41) is 3.17. The van der Waals surface area contributed by atoms with Crippen LogP contribution in [0, 0.1) is 0 Å². The molecule has 1 aliphatic rings. The average molecular weight is 298 g/mol. The van der Waals surface area contributed by atoms with Crippen molar-refractivity contribution in [1.29, 1.82) is 0 Å². The molecule has 1 aliphatic heterocycles. The Bertz CT molecular complexity index is 548. The summed E-state index contributed by atoms with van der Waals surface area (Å²) < 4.78 is 26.2. The molecule has 0 spiro atoms. The molecular formula is C13H22N4O2S. The summed E-state index contributed by atoms with van der Waals surface area (Å²) in [6, 6.07) is 3.27. The fraction of sp³-hybridized carbons (Fsp3) is 0.615. The number of hydrogen-bond donors (Lipinski definition) is 2. The Labute approximate surface area is 120 Å². The standard InChI is InChI=1S/C13H22N4O2S/c1-13(2,10-14)16-12-6-5-11(9-15-12)20(18,19)17-7-3-4-8-17/h5-6,9H,3-4,7-8,10,14H2,1-2H3,(H,15,16). The van der Waals surface area contributed by atoms with Crippen LogP contribution in [-0.2, 0) is 10.0 Å². The number of nitrogens with one attached hydrogen (secondary N) is 1. The summed E-state index contributed by atoms with van der Waals surface area (Å²) in [4.78, 5) is 4.42. The summed E-state index contributed by atoms with van der Waals surface area (Å²) in [6.45, 7) is 5.58. The maximum atomic E-state index is 12.3. The van der Waals surface area contributed by atoms with Crippen LogP contribution in [0.15, 0.2) is 23.2 Å². The first-order chi connectivity index (χ1) is 9.35. The third kappa shape index (κ3) is 3.28. The van der Waals surface area contributed by atoms with Gasteiger partial charge in [0.2, 0.25) is 10.0 Å². The van der Waals surface area contributed by atoms with E-state index in [0.29, 0.717) is 25.5 Å². The van der Waals surface area contributed by atoms with Gasteiger partial charge in [-0.25, -0.2) is 13.4 Å². The van der Waals surface area contributed by atoms with Crippen LogP contribution in [0.5, 0.6) is 0 Å². The smallest absolute Gasteiger partial charge is 0.244 e. The first-order valence-corrected chi connectivity index (χ1v) is 8.24. The zero-order valence-electron chi connectivity index (χ0n) is 12.0. The van der Waals surface area contributed by atoms with Crippen LogP contribution in [0.3, 0.4) is 0 Å². The molecule has 1 aromatic heterocycles. The molecule has 112 valence electrons. The fourth-order valence-corrected chi connectivity index (χ4v) is 3.55. The van der Waals surface area contributed by atoms with E-state index >= 15 is 0 Å². The van der Waals surface area contributed by atoms with Gasteiger partial charge in [0.25, 0.3) is 0 Å². The third-order valence-electron chi connectivity index (χ3n) is 3.42. The number of sulfonamides is 1. The van der Waals surface area contributed by atoms with Crippen molar-refractivity contribution >= 4 is 15.8 Å². The predicted molar refractivity (Wildman–Crippen MR) is 79.0 cm³/mol. The van der Waals surface area contributed by atoms with Crippen molar-refractivity contribution in [3.8, 4) is 0 Å². The van der Waals surface area contributed by atoms with Crippen LogP contribution < -0.4 is 11.1 Å².